The molecule has 0 fully saturated rings. The van der Waals surface area contributed by atoms with Crippen molar-refractivity contribution >= 4 is 109 Å². The van der Waals surface area contributed by atoms with E-state index in [1.165, 1.54) is 76.1 Å². The predicted octanol–water partition coefficient (Wildman–Crippen LogP) is 26.9. The second-order valence-electron chi connectivity index (χ2n) is 30.2. The summed E-state index contributed by atoms with van der Waals surface area (Å²) in [5.41, 5.74) is 24.9. The maximum Gasteiger partial charge on any atom is 0.164 e. The molecule has 24 aromatic rings. The molecule has 11 heteroatoms. The summed E-state index contributed by atoms with van der Waals surface area (Å²) in [7, 11) is 0. The lowest BCUT2D eigenvalue weighted by atomic mass is 10.0. The quantitative estimate of drug-likeness (QED) is 0.121. The van der Waals surface area contributed by atoms with E-state index in [4.69, 9.17) is 29.9 Å². The highest BCUT2D eigenvalue weighted by Gasteiger charge is 2.23. The third-order valence-electron chi connectivity index (χ3n) is 23.2. The molecule has 7 aromatic heterocycles. The molecule has 0 radical (unpaired) electrons. The van der Waals surface area contributed by atoms with Crippen LogP contribution < -0.4 is 0 Å². The number of benzene rings is 17. The first-order chi connectivity index (χ1) is 59.0. The highest BCUT2D eigenvalue weighted by atomic mass is 15.1. The molecule has 24 rings (SSSR count). The van der Waals surface area contributed by atoms with Crippen LogP contribution in [0.25, 0.3) is 217 Å². The fourth-order valence-electron chi connectivity index (χ4n) is 17.8. The molecule has 0 atom stereocenters. The normalized spacial score (nSPS) is 11.7. The van der Waals surface area contributed by atoms with Crippen molar-refractivity contribution in [3.8, 4) is 108 Å². The summed E-state index contributed by atoms with van der Waals surface area (Å²) in [6, 6.07) is 148. The van der Waals surface area contributed by atoms with Crippen LogP contribution in [0, 0.1) is 0 Å². The zero-order chi connectivity index (χ0) is 78.4. The van der Waals surface area contributed by atoms with Crippen LogP contribution in [0.4, 0.5) is 0 Å². The average molecular weight is 1520 g/mol. The van der Waals surface area contributed by atoms with Crippen molar-refractivity contribution in [1.29, 1.82) is 0 Å². The van der Waals surface area contributed by atoms with E-state index in [2.05, 4.69) is 387 Å². The van der Waals surface area contributed by atoms with Gasteiger partial charge in [-0.2, -0.15) is 0 Å². The molecule has 119 heavy (non-hydrogen) atoms. The molecule has 0 aliphatic carbocycles. The van der Waals surface area contributed by atoms with Crippen LogP contribution in [0.2, 0.25) is 0 Å². The molecule has 556 valence electrons. The minimum Gasteiger partial charge on any atom is -0.309 e. The fraction of sp³-hybridized carbons (Fsp3) is 0. The van der Waals surface area contributed by atoms with Crippen LogP contribution in [0.3, 0.4) is 0 Å². The van der Waals surface area contributed by atoms with Crippen LogP contribution in [-0.2, 0) is 0 Å². The minimum absolute atomic E-state index is 0.613. The number of hydrogen-bond acceptors (Lipinski definition) is 6. The summed E-state index contributed by atoms with van der Waals surface area (Å²) < 4.78 is 11.8. The van der Waals surface area contributed by atoms with Gasteiger partial charge in [-0.15, -0.1) is 0 Å². The van der Waals surface area contributed by atoms with Gasteiger partial charge in [-0.1, -0.05) is 285 Å². The van der Waals surface area contributed by atoms with Crippen LogP contribution in [0.15, 0.2) is 419 Å². The second-order valence-corrected chi connectivity index (χ2v) is 30.2. The molecule has 17 aromatic carbocycles. The number of rotatable bonds is 12. The smallest absolute Gasteiger partial charge is 0.164 e. The van der Waals surface area contributed by atoms with Crippen molar-refractivity contribution in [1.82, 2.24) is 52.7 Å². The molecule has 0 unspecified atom stereocenters. The molecule has 0 bridgehead atoms. The number of nitrogens with zero attached hydrogens (tertiary/aromatic N) is 11. The summed E-state index contributed by atoms with van der Waals surface area (Å²) in [4.78, 5) is 30.7. The van der Waals surface area contributed by atoms with E-state index in [-0.39, 0.29) is 0 Å². The van der Waals surface area contributed by atoms with Gasteiger partial charge in [0.25, 0.3) is 0 Å². The second kappa shape index (κ2) is 28.4. The Balaban J connectivity index is 0.000000140. The first-order valence-corrected chi connectivity index (χ1v) is 40.1. The zero-order valence-electron chi connectivity index (χ0n) is 64.3. The van der Waals surface area contributed by atoms with Gasteiger partial charge in [0.05, 0.1) is 55.2 Å². The highest BCUT2D eigenvalue weighted by Crippen LogP contribution is 2.43. The van der Waals surface area contributed by atoms with Crippen LogP contribution >= 0.6 is 0 Å². The molecule has 0 spiro atoms. The maximum absolute atomic E-state index is 5.25. The van der Waals surface area contributed by atoms with Crippen LogP contribution in [0.1, 0.15) is 0 Å². The Labute approximate surface area is 683 Å². The largest absolute Gasteiger partial charge is 0.309 e. The van der Waals surface area contributed by atoms with E-state index in [1.807, 2.05) is 54.6 Å². The third kappa shape index (κ3) is 11.7. The summed E-state index contributed by atoms with van der Waals surface area (Å²) in [6.07, 6.45) is 0. The number of aromatic nitrogens is 11. The van der Waals surface area contributed by atoms with E-state index >= 15 is 0 Å². The average Bonchev–Trinajstić information content (AvgIpc) is 1.57. The van der Waals surface area contributed by atoms with E-state index in [9.17, 15) is 0 Å². The van der Waals surface area contributed by atoms with Crippen molar-refractivity contribution < 1.29 is 0 Å². The van der Waals surface area contributed by atoms with Gasteiger partial charge in [-0.25, -0.2) is 29.9 Å². The van der Waals surface area contributed by atoms with Crippen molar-refractivity contribution in [2.24, 2.45) is 0 Å². The van der Waals surface area contributed by atoms with E-state index < -0.39 is 0 Å². The van der Waals surface area contributed by atoms with Gasteiger partial charge < -0.3 is 22.8 Å². The molecule has 0 N–H and O–H groups in total. The van der Waals surface area contributed by atoms with Gasteiger partial charge in [0.2, 0.25) is 0 Å². The van der Waals surface area contributed by atoms with Crippen molar-refractivity contribution in [2.75, 3.05) is 0 Å². The summed E-state index contributed by atoms with van der Waals surface area (Å²) in [5, 5.41) is 12.1. The summed E-state index contributed by atoms with van der Waals surface area (Å²) in [6.45, 7) is 0. The lowest BCUT2D eigenvalue weighted by Gasteiger charge is -2.12. The van der Waals surface area contributed by atoms with Gasteiger partial charge in [-0.3, -0.25) is 0 Å². The minimum atomic E-state index is 0.613. The van der Waals surface area contributed by atoms with Gasteiger partial charge in [0.1, 0.15) is 0 Å². The molecule has 11 nitrogen and oxygen atoms in total. The Morgan fingerprint density at radius 3 is 0.672 bits per heavy atom. The first-order valence-electron chi connectivity index (χ1n) is 40.1. The van der Waals surface area contributed by atoms with Crippen molar-refractivity contribution in [3.63, 3.8) is 0 Å². The van der Waals surface area contributed by atoms with E-state index in [0.29, 0.717) is 34.9 Å². The van der Waals surface area contributed by atoms with Gasteiger partial charge >= 0.3 is 0 Å². The van der Waals surface area contributed by atoms with Gasteiger partial charge in [0, 0.05) is 116 Å². The number of para-hydroxylation sites is 8. The van der Waals surface area contributed by atoms with Crippen molar-refractivity contribution in [3.05, 3.63) is 419 Å². The maximum atomic E-state index is 5.25. The molecular weight excluding hydrogens is 1450 g/mol. The van der Waals surface area contributed by atoms with Crippen molar-refractivity contribution in [2.45, 2.75) is 0 Å². The monoisotopic (exact) mass is 1520 g/mol. The van der Waals surface area contributed by atoms with Gasteiger partial charge in [-0.05, 0) is 145 Å². The Kier molecular flexibility index (Phi) is 16.3. The SMILES string of the molecule is c1ccc(-c2ccc(-c3nc(-c4ccccc4)nc(-c4cccc(-n5c6ccccc6c6cc(-n7c8ccccc8c8ccccc87)ccc65)c4)n3)cc2)cc1.c1ccc(-c2nc(-c3cccc(-n4c5ccccc5c5cc(-n6c7ccccc7c7ccccc76)ccc54)c3)nc(-c3ccc4c(c3)c3ccccc3n4-c3ccccc3)n2)cc1. The Morgan fingerprint density at radius 1 is 0.118 bits per heavy atom. The lowest BCUT2D eigenvalue weighted by Crippen LogP contribution is -2.01. The zero-order valence-corrected chi connectivity index (χ0v) is 64.3. The molecule has 0 aliphatic heterocycles. The third-order valence-corrected chi connectivity index (χ3v) is 23.2. The Bertz CT molecular complexity index is 7990. The summed E-state index contributed by atoms with van der Waals surface area (Å²) >= 11 is 0. The molecule has 0 saturated carbocycles. The Hall–Kier alpha value is -16.2. The Morgan fingerprint density at radius 2 is 0.319 bits per heavy atom. The molecular formula is C108H69N11. The lowest BCUT2D eigenvalue weighted by molar-refractivity contribution is 1.07. The molecule has 0 saturated heterocycles. The number of hydrogen-bond donors (Lipinski definition) is 0. The standard InChI is InChI=1S/C57H36N6.C51H33N5/c1-3-16-37(17-4-1)55-58-56(60-57(59-55)39-30-32-53-47(35-39)45-24-9-13-28-51(45)61(53)40-19-5-2-6-20-40)38-18-15-21-41(34-38)62-52-29-14-10-25-46(52)48-36-42(31-33-54(48)62)63-49-26-11-7-22-43(49)44-23-8-12-27-50(44)63;1-3-14-34(15-4-1)35-26-28-37(29-27-35)50-52-49(36-16-5-2-6-17-36)53-51(54-50)38-18-13-19-39(32-38)55-47-25-12-9-22-43(47)44-33-40(30-31-48(44)55)56-45-23-10-7-20-41(45)42-21-8-11-24-46(42)56/h1-36H;1-33H. The molecule has 0 aliphatic rings. The first kappa shape index (κ1) is 68.4. The van der Waals surface area contributed by atoms with Crippen LogP contribution in [0.5, 0.6) is 0 Å². The summed E-state index contributed by atoms with van der Waals surface area (Å²) in [5.74, 6) is 3.75. The van der Waals surface area contributed by atoms with E-state index in [0.717, 1.165) is 106 Å². The predicted molar refractivity (Wildman–Crippen MR) is 489 cm³/mol. The number of fused-ring (bicyclic) bond motifs is 15. The fourth-order valence-corrected chi connectivity index (χ4v) is 17.8. The van der Waals surface area contributed by atoms with E-state index in [1.54, 1.807) is 0 Å². The highest BCUT2D eigenvalue weighted by molar-refractivity contribution is 6.15. The van der Waals surface area contributed by atoms with Gasteiger partial charge in [0.15, 0.2) is 34.9 Å². The molecule has 0 amide bonds. The van der Waals surface area contributed by atoms with Crippen LogP contribution in [-0.4, -0.2) is 52.7 Å². The topological polar surface area (TPSA) is 102 Å². The molecule has 7 heterocycles.